The van der Waals surface area contributed by atoms with Gasteiger partial charge in [0.1, 0.15) is 5.78 Å². The second kappa shape index (κ2) is 2.57. The van der Waals surface area contributed by atoms with Gasteiger partial charge in [-0.2, -0.15) is 0 Å². The van der Waals surface area contributed by atoms with E-state index >= 15 is 0 Å². The molecule has 0 amide bonds. The molecule has 1 atom stereocenters. The normalized spacial score (nSPS) is 38.7. The third-order valence-electron chi connectivity index (χ3n) is 3.23. The number of carbonyl (C=O) groups is 1. The van der Waals surface area contributed by atoms with E-state index in [1.54, 1.807) is 0 Å². The molecule has 0 saturated heterocycles. The molecule has 3 nitrogen and oxygen atoms in total. The lowest BCUT2D eigenvalue weighted by molar-refractivity contribution is -0.122. The molecular weight excluding hydrogens is 154 g/mol. The molecule has 0 unspecified atom stereocenters. The molecule has 0 aromatic carbocycles. The van der Waals surface area contributed by atoms with Gasteiger partial charge in [-0.05, 0) is 32.1 Å². The fourth-order valence-electron chi connectivity index (χ4n) is 2.59. The van der Waals surface area contributed by atoms with E-state index in [0.29, 0.717) is 12.2 Å². The molecule has 0 heterocycles. The lowest BCUT2D eigenvalue weighted by atomic mass is 9.82. The fraction of sp³-hybridized carbons (Fsp3) is 0.778. The first-order valence-corrected chi connectivity index (χ1v) is 4.54. The molecule has 0 bridgehead atoms. The average molecular weight is 167 g/mol. The van der Waals surface area contributed by atoms with Gasteiger partial charge in [0.25, 0.3) is 0 Å². The molecule has 1 spiro atoms. The van der Waals surface area contributed by atoms with E-state index < -0.39 is 0 Å². The van der Waals surface area contributed by atoms with Gasteiger partial charge < -0.3 is 5.21 Å². The van der Waals surface area contributed by atoms with Gasteiger partial charge in [-0.25, -0.2) is 0 Å². The minimum absolute atomic E-state index is 0.299. The predicted octanol–water partition coefficient (Wildman–Crippen LogP) is 1.74. The minimum atomic E-state index is -0.325. The maximum absolute atomic E-state index is 11.6. The summed E-state index contributed by atoms with van der Waals surface area (Å²) in [4.78, 5) is 11.6. The number of hydrogen-bond donors (Lipinski definition) is 1. The molecule has 2 saturated carbocycles. The van der Waals surface area contributed by atoms with Gasteiger partial charge in [0, 0.05) is 6.42 Å². The molecule has 1 N–H and O–H groups in total. The lowest BCUT2D eigenvalue weighted by Gasteiger charge is -2.20. The van der Waals surface area contributed by atoms with Crippen LogP contribution in [0.3, 0.4) is 0 Å². The van der Waals surface area contributed by atoms with Gasteiger partial charge >= 0.3 is 0 Å². The van der Waals surface area contributed by atoms with Crippen molar-refractivity contribution in [1.29, 1.82) is 0 Å². The second-order valence-corrected chi connectivity index (χ2v) is 3.76. The van der Waals surface area contributed by atoms with E-state index in [1.807, 2.05) is 0 Å². The van der Waals surface area contributed by atoms with Gasteiger partial charge in [-0.15, -0.1) is 0 Å². The third kappa shape index (κ3) is 0.822. The highest BCUT2D eigenvalue weighted by atomic mass is 16.4. The summed E-state index contributed by atoms with van der Waals surface area (Å²) in [6.07, 6.45) is 5.28. The number of rotatable bonds is 0. The summed E-state index contributed by atoms with van der Waals surface area (Å²) < 4.78 is 0. The summed E-state index contributed by atoms with van der Waals surface area (Å²) in [5.74, 6) is 0.299. The van der Waals surface area contributed by atoms with Crippen LogP contribution < -0.4 is 0 Å². The van der Waals surface area contributed by atoms with Crippen molar-refractivity contribution in [2.75, 3.05) is 0 Å². The van der Waals surface area contributed by atoms with Crippen LogP contribution in [-0.2, 0) is 4.79 Å². The van der Waals surface area contributed by atoms with Crippen LogP contribution in [0.25, 0.3) is 0 Å². The number of nitrogens with zero attached hydrogens (tertiary/aromatic N) is 1. The van der Waals surface area contributed by atoms with E-state index in [9.17, 15) is 4.79 Å². The third-order valence-corrected chi connectivity index (χ3v) is 3.23. The molecule has 0 aromatic rings. The average Bonchev–Trinajstić information content (AvgIpc) is 2.62. The van der Waals surface area contributed by atoms with Crippen molar-refractivity contribution in [3.63, 3.8) is 0 Å². The summed E-state index contributed by atoms with van der Waals surface area (Å²) >= 11 is 0. The van der Waals surface area contributed by atoms with E-state index in [4.69, 9.17) is 5.21 Å². The molecule has 0 radical (unpaired) electrons. The molecule has 3 heteroatoms. The maximum atomic E-state index is 11.6. The summed E-state index contributed by atoms with van der Waals surface area (Å²) in [7, 11) is 0. The maximum Gasteiger partial charge on any atom is 0.144 e. The zero-order chi connectivity index (χ0) is 8.60. The lowest BCUT2D eigenvalue weighted by Crippen LogP contribution is -2.30. The highest BCUT2D eigenvalue weighted by Crippen LogP contribution is 2.46. The Balaban J connectivity index is 2.35. The molecule has 2 aliphatic carbocycles. The van der Waals surface area contributed by atoms with E-state index in [1.165, 1.54) is 0 Å². The highest BCUT2D eigenvalue weighted by Gasteiger charge is 2.48. The largest absolute Gasteiger partial charge is 0.411 e. The van der Waals surface area contributed by atoms with Gasteiger partial charge in [0.05, 0.1) is 11.1 Å². The van der Waals surface area contributed by atoms with Gasteiger partial charge in [-0.3, -0.25) is 4.79 Å². The van der Waals surface area contributed by atoms with Crippen molar-refractivity contribution < 1.29 is 10.0 Å². The summed E-state index contributed by atoms with van der Waals surface area (Å²) in [5, 5.41) is 12.0. The Labute approximate surface area is 71.5 Å². The van der Waals surface area contributed by atoms with Gasteiger partial charge in [-0.1, -0.05) is 5.16 Å². The van der Waals surface area contributed by atoms with Crippen LogP contribution >= 0.6 is 0 Å². The Kier molecular flexibility index (Phi) is 1.67. The van der Waals surface area contributed by atoms with Crippen LogP contribution in [0, 0.1) is 5.41 Å². The Morgan fingerprint density at radius 1 is 1.25 bits per heavy atom. The minimum Gasteiger partial charge on any atom is -0.411 e. The van der Waals surface area contributed by atoms with Gasteiger partial charge in [0.2, 0.25) is 0 Å². The molecular formula is C9H13NO2. The zero-order valence-corrected chi connectivity index (χ0v) is 7.05. The number of carbonyl (C=O) groups excluding carboxylic acids is 1. The van der Waals surface area contributed by atoms with E-state index in [0.717, 1.165) is 37.8 Å². The first kappa shape index (κ1) is 7.77. The monoisotopic (exact) mass is 167 g/mol. The summed E-state index contributed by atoms with van der Waals surface area (Å²) in [6.45, 7) is 0. The standard InChI is InChI=1S/C9H13NO2/c11-8-4-2-6-9(8)5-1-3-7(9)10-12/h12H,1-6H2/b10-7-/t9-/m0/s1. The Morgan fingerprint density at radius 3 is 2.42 bits per heavy atom. The molecule has 2 rings (SSSR count). The number of ketones is 1. The number of oxime groups is 1. The zero-order valence-electron chi connectivity index (χ0n) is 7.05. The molecule has 0 aromatic heterocycles. The number of hydrogen-bond acceptors (Lipinski definition) is 3. The predicted molar refractivity (Wildman–Crippen MR) is 44.4 cm³/mol. The molecule has 2 fully saturated rings. The summed E-state index contributed by atoms with van der Waals surface area (Å²) in [5.41, 5.74) is 0.416. The second-order valence-electron chi connectivity index (χ2n) is 3.76. The molecule has 0 aliphatic heterocycles. The van der Waals surface area contributed by atoms with Crippen LogP contribution in [-0.4, -0.2) is 16.7 Å². The first-order chi connectivity index (χ1) is 5.79. The van der Waals surface area contributed by atoms with Crippen LogP contribution in [0.4, 0.5) is 0 Å². The van der Waals surface area contributed by atoms with Crippen molar-refractivity contribution in [3.8, 4) is 0 Å². The quantitative estimate of drug-likeness (QED) is 0.441. The number of Topliss-reactive ketones (excluding diaryl/α,β-unsaturated/α-hetero) is 1. The summed E-state index contributed by atoms with van der Waals surface area (Å²) in [6, 6.07) is 0. The fourth-order valence-corrected chi connectivity index (χ4v) is 2.59. The Hall–Kier alpha value is -0.860. The highest BCUT2D eigenvalue weighted by molar-refractivity contribution is 6.11. The van der Waals surface area contributed by atoms with Crippen molar-refractivity contribution in [3.05, 3.63) is 0 Å². The van der Waals surface area contributed by atoms with Crippen molar-refractivity contribution in [2.24, 2.45) is 10.6 Å². The van der Waals surface area contributed by atoms with Crippen LogP contribution in [0.2, 0.25) is 0 Å². The van der Waals surface area contributed by atoms with Crippen molar-refractivity contribution >= 4 is 11.5 Å². The van der Waals surface area contributed by atoms with Crippen LogP contribution in [0.15, 0.2) is 5.16 Å². The van der Waals surface area contributed by atoms with E-state index in [-0.39, 0.29) is 5.41 Å². The molecule has 12 heavy (non-hydrogen) atoms. The molecule has 2 aliphatic rings. The van der Waals surface area contributed by atoms with E-state index in [2.05, 4.69) is 5.16 Å². The Morgan fingerprint density at radius 2 is 1.92 bits per heavy atom. The van der Waals surface area contributed by atoms with Gasteiger partial charge in [0.15, 0.2) is 0 Å². The first-order valence-electron chi connectivity index (χ1n) is 4.54. The van der Waals surface area contributed by atoms with Crippen LogP contribution in [0.5, 0.6) is 0 Å². The smallest absolute Gasteiger partial charge is 0.144 e. The van der Waals surface area contributed by atoms with Crippen molar-refractivity contribution in [1.82, 2.24) is 0 Å². The topological polar surface area (TPSA) is 49.7 Å². The van der Waals surface area contributed by atoms with Crippen LogP contribution in [0.1, 0.15) is 38.5 Å². The molecule has 66 valence electrons. The SMILES string of the molecule is O=C1CCC[C@]12CCC/C2=N/O. The van der Waals surface area contributed by atoms with Crippen molar-refractivity contribution in [2.45, 2.75) is 38.5 Å². The Bertz CT molecular complexity index is 243.